The SMILES string of the molecule is O=c1cc2c(nn1Cc1cn3ccsc3n1)CCCN2. The number of fused-ring (bicyclic) bond motifs is 2. The summed E-state index contributed by atoms with van der Waals surface area (Å²) in [5.74, 6) is 0. The first-order valence-electron chi connectivity index (χ1n) is 6.55. The Morgan fingerprint density at radius 1 is 1.45 bits per heavy atom. The quantitative estimate of drug-likeness (QED) is 0.773. The average molecular weight is 287 g/mol. The van der Waals surface area contributed by atoms with Crippen molar-refractivity contribution in [2.45, 2.75) is 19.4 Å². The smallest absolute Gasteiger partial charge is 0.269 e. The molecule has 4 heterocycles. The average Bonchev–Trinajstić information content (AvgIpc) is 3.00. The maximum Gasteiger partial charge on any atom is 0.269 e. The van der Waals surface area contributed by atoms with E-state index in [1.807, 2.05) is 22.2 Å². The van der Waals surface area contributed by atoms with Gasteiger partial charge in [-0.3, -0.25) is 9.20 Å². The topological polar surface area (TPSA) is 64.2 Å². The van der Waals surface area contributed by atoms with E-state index in [0.29, 0.717) is 6.54 Å². The number of hydrogen-bond acceptors (Lipinski definition) is 5. The van der Waals surface area contributed by atoms with Crippen LogP contribution in [0.15, 0.2) is 28.6 Å². The summed E-state index contributed by atoms with van der Waals surface area (Å²) in [6.45, 7) is 1.33. The summed E-state index contributed by atoms with van der Waals surface area (Å²) >= 11 is 1.58. The minimum Gasteiger partial charge on any atom is -0.383 e. The van der Waals surface area contributed by atoms with E-state index >= 15 is 0 Å². The highest BCUT2D eigenvalue weighted by Gasteiger charge is 2.13. The number of nitrogens with one attached hydrogen (secondary N) is 1. The van der Waals surface area contributed by atoms with Crippen LogP contribution in [0.3, 0.4) is 0 Å². The molecule has 0 bridgehead atoms. The van der Waals surface area contributed by atoms with E-state index < -0.39 is 0 Å². The van der Waals surface area contributed by atoms with Crippen LogP contribution in [0.1, 0.15) is 17.8 Å². The van der Waals surface area contributed by atoms with E-state index in [9.17, 15) is 4.79 Å². The number of aromatic nitrogens is 4. The fourth-order valence-electron chi connectivity index (χ4n) is 2.47. The van der Waals surface area contributed by atoms with Gasteiger partial charge in [0.25, 0.3) is 5.56 Å². The molecule has 1 N–H and O–H groups in total. The monoisotopic (exact) mass is 287 g/mol. The van der Waals surface area contributed by atoms with Gasteiger partial charge in [0.15, 0.2) is 4.96 Å². The minimum absolute atomic E-state index is 0.0884. The highest BCUT2D eigenvalue weighted by molar-refractivity contribution is 7.15. The molecule has 0 saturated heterocycles. The number of nitrogens with zero attached hydrogens (tertiary/aromatic N) is 4. The summed E-state index contributed by atoms with van der Waals surface area (Å²) in [4.78, 5) is 17.5. The van der Waals surface area contributed by atoms with Crippen LogP contribution in [0.2, 0.25) is 0 Å². The van der Waals surface area contributed by atoms with Crippen LogP contribution in [-0.2, 0) is 13.0 Å². The molecule has 1 aliphatic rings. The van der Waals surface area contributed by atoms with Gasteiger partial charge in [-0.25, -0.2) is 9.67 Å². The van der Waals surface area contributed by atoms with E-state index in [-0.39, 0.29) is 5.56 Å². The lowest BCUT2D eigenvalue weighted by molar-refractivity contribution is 0.601. The molecule has 3 aromatic heterocycles. The minimum atomic E-state index is -0.0884. The molecule has 3 aromatic rings. The first-order valence-corrected chi connectivity index (χ1v) is 7.43. The van der Waals surface area contributed by atoms with E-state index in [1.165, 1.54) is 4.68 Å². The molecule has 7 heteroatoms. The first-order chi connectivity index (χ1) is 9.79. The first kappa shape index (κ1) is 11.7. The number of imidazole rings is 1. The fourth-order valence-corrected chi connectivity index (χ4v) is 3.18. The molecule has 0 atom stereocenters. The van der Waals surface area contributed by atoms with Gasteiger partial charge in [-0.2, -0.15) is 5.10 Å². The van der Waals surface area contributed by atoms with Crippen molar-refractivity contribution in [2.75, 3.05) is 11.9 Å². The van der Waals surface area contributed by atoms with Crippen molar-refractivity contribution >= 4 is 22.0 Å². The summed E-state index contributed by atoms with van der Waals surface area (Å²) in [6.07, 6.45) is 5.88. The van der Waals surface area contributed by atoms with E-state index in [4.69, 9.17) is 0 Å². The van der Waals surface area contributed by atoms with Crippen molar-refractivity contribution < 1.29 is 0 Å². The Morgan fingerprint density at radius 2 is 2.40 bits per heavy atom. The Morgan fingerprint density at radius 3 is 3.30 bits per heavy atom. The largest absolute Gasteiger partial charge is 0.383 e. The van der Waals surface area contributed by atoms with Gasteiger partial charge in [0.1, 0.15) is 0 Å². The molecule has 6 nitrogen and oxygen atoms in total. The standard InChI is InChI=1S/C13H13N5OS/c19-12-6-11-10(2-1-3-14-11)16-18(12)8-9-7-17-4-5-20-13(17)15-9/h4-7,14H,1-3,8H2. The molecule has 0 amide bonds. The molecule has 0 spiro atoms. The third-order valence-electron chi connectivity index (χ3n) is 3.44. The van der Waals surface area contributed by atoms with Gasteiger partial charge >= 0.3 is 0 Å². The zero-order valence-corrected chi connectivity index (χ0v) is 11.6. The maximum atomic E-state index is 12.1. The molecule has 4 rings (SSSR count). The number of hydrogen-bond donors (Lipinski definition) is 1. The molecule has 20 heavy (non-hydrogen) atoms. The summed E-state index contributed by atoms with van der Waals surface area (Å²) in [5.41, 5.74) is 2.62. The fraction of sp³-hybridized carbons (Fsp3) is 0.308. The van der Waals surface area contributed by atoms with Crippen molar-refractivity contribution in [2.24, 2.45) is 0 Å². The lowest BCUT2D eigenvalue weighted by Gasteiger charge is -2.17. The molecule has 102 valence electrons. The molecule has 0 radical (unpaired) electrons. The Balaban J connectivity index is 1.71. The Hall–Kier alpha value is -2.15. The van der Waals surface area contributed by atoms with Crippen LogP contribution in [0.5, 0.6) is 0 Å². The maximum absolute atomic E-state index is 12.1. The van der Waals surface area contributed by atoms with Gasteiger partial charge in [0.05, 0.1) is 23.6 Å². The lowest BCUT2D eigenvalue weighted by atomic mass is 10.1. The molecular formula is C13H13N5OS. The molecule has 0 fully saturated rings. The molecule has 0 aliphatic carbocycles. The second kappa shape index (κ2) is 4.45. The number of rotatable bonds is 2. The molecule has 0 aromatic carbocycles. The highest BCUT2D eigenvalue weighted by atomic mass is 32.1. The number of thiazole rings is 1. The van der Waals surface area contributed by atoms with Gasteiger partial charge in [0, 0.05) is 30.4 Å². The van der Waals surface area contributed by atoms with Crippen molar-refractivity contribution in [1.82, 2.24) is 19.2 Å². The molecular weight excluding hydrogens is 274 g/mol. The number of aryl methyl sites for hydroxylation is 1. The second-order valence-corrected chi connectivity index (χ2v) is 5.73. The van der Waals surface area contributed by atoms with Crippen LogP contribution in [0, 0.1) is 0 Å². The summed E-state index contributed by atoms with van der Waals surface area (Å²) in [5, 5.41) is 9.66. The second-order valence-electron chi connectivity index (χ2n) is 4.86. The van der Waals surface area contributed by atoms with Crippen LogP contribution >= 0.6 is 11.3 Å². The third kappa shape index (κ3) is 1.90. The predicted octanol–water partition coefficient (Wildman–Crippen LogP) is 1.36. The summed E-state index contributed by atoms with van der Waals surface area (Å²) < 4.78 is 3.46. The third-order valence-corrected chi connectivity index (χ3v) is 4.21. The zero-order valence-electron chi connectivity index (χ0n) is 10.7. The van der Waals surface area contributed by atoms with Crippen molar-refractivity contribution in [3.8, 4) is 0 Å². The van der Waals surface area contributed by atoms with Gasteiger partial charge in [-0.05, 0) is 12.8 Å². The van der Waals surface area contributed by atoms with E-state index in [1.54, 1.807) is 17.4 Å². The Kier molecular flexibility index (Phi) is 2.59. The van der Waals surface area contributed by atoms with E-state index in [2.05, 4.69) is 15.4 Å². The van der Waals surface area contributed by atoms with Gasteiger partial charge in [-0.1, -0.05) is 0 Å². The summed E-state index contributed by atoms with van der Waals surface area (Å²) in [7, 11) is 0. The Bertz CT molecular complexity index is 802. The van der Waals surface area contributed by atoms with Gasteiger partial charge < -0.3 is 5.32 Å². The predicted molar refractivity (Wildman–Crippen MR) is 77.5 cm³/mol. The lowest BCUT2D eigenvalue weighted by Crippen LogP contribution is -2.27. The van der Waals surface area contributed by atoms with Crippen molar-refractivity contribution in [1.29, 1.82) is 0 Å². The molecule has 0 saturated carbocycles. The van der Waals surface area contributed by atoms with Gasteiger partial charge in [0.2, 0.25) is 0 Å². The van der Waals surface area contributed by atoms with Gasteiger partial charge in [-0.15, -0.1) is 11.3 Å². The van der Waals surface area contributed by atoms with Crippen LogP contribution in [-0.4, -0.2) is 25.7 Å². The van der Waals surface area contributed by atoms with Crippen molar-refractivity contribution in [3.63, 3.8) is 0 Å². The van der Waals surface area contributed by atoms with Crippen LogP contribution in [0.4, 0.5) is 5.69 Å². The molecule has 0 unspecified atom stereocenters. The molecule has 1 aliphatic heterocycles. The normalized spacial score (nSPS) is 14.2. The zero-order chi connectivity index (χ0) is 13.5. The van der Waals surface area contributed by atoms with Crippen molar-refractivity contribution in [3.05, 3.63) is 45.6 Å². The Labute approximate surface area is 118 Å². The highest BCUT2D eigenvalue weighted by Crippen LogP contribution is 2.17. The van der Waals surface area contributed by atoms with E-state index in [0.717, 1.165) is 41.4 Å². The van der Waals surface area contributed by atoms with Crippen LogP contribution < -0.4 is 10.9 Å². The summed E-state index contributed by atoms with van der Waals surface area (Å²) in [6, 6.07) is 1.64. The number of anilines is 1. The van der Waals surface area contributed by atoms with Crippen LogP contribution in [0.25, 0.3) is 4.96 Å².